The fourth-order valence-corrected chi connectivity index (χ4v) is 3.65. The van der Waals surface area contributed by atoms with Crippen LogP contribution in [-0.4, -0.2) is 30.6 Å². The molecule has 0 aromatic heterocycles. The Bertz CT molecular complexity index is 229. The summed E-state index contributed by atoms with van der Waals surface area (Å²) >= 11 is 0. The normalized spacial score (nSPS) is 29.7. The molecule has 0 spiro atoms. The van der Waals surface area contributed by atoms with Crippen molar-refractivity contribution < 1.29 is 0 Å². The van der Waals surface area contributed by atoms with Crippen molar-refractivity contribution in [3.8, 4) is 0 Å². The van der Waals surface area contributed by atoms with Crippen LogP contribution >= 0.6 is 0 Å². The molecule has 1 atom stereocenters. The molecule has 0 saturated heterocycles. The van der Waals surface area contributed by atoms with Crippen molar-refractivity contribution in [3.63, 3.8) is 0 Å². The molecular weight excluding hydrogens is 232 g/mol. The monoisotopic (exact) mass is 268 g/mol. The highest BCUT2D eigenvalue weighted by molar-refractivity contribution is 4.99. The van der Waals surface area contributed by atoms with Gasteiger partial charge in [-0.1, -0.05) is 46.0 Å². The van der Waals surface area contributed by atoms with E-state index >= 15 is 0 Å². The molecule has 0 aromatic carbocycles. The van der Waals surface area contributed by atoms with Gasteiger partial charge in [-0.3, -0.25) is 0 Å². The number of nitrogens with zero attached hydrogens (tertiary/aromatic N) is 1. The second-order valence-electron chi connectivity index (χ2n) is 6.99. The zero-order valence-electron chi connectivity index (χ0n) is 13.8. The van der Waals surface area contributed by atoms with E-state index in [0.717, 1.165) is 5.92 Å². The average Bonchev–Trinajstić information content (AvgIpc) is 2.39. The Kier molecular flexibility index (Phi) is 7.38. The summed E-state index contributed by atoms with van der Waals surface area (Å²) < 4.78 is 0. The second kappa shape index (κ2) is 8.26. The molecule has 19 heavy (non-hydrogen) atoms. The second-order valence-corrected chi connectivity index (χ2v) is 6.99. The van der Waals surface area contributed by atoms with Crippen molar-refractivity contribution in [3.05, 3.63) is 0 Å². The van der Waals surface area contributed by atoms with Crippen LogP contribution in [0.2, 0.25) is 0 Å². The smallest absolute Gasteiger partial charge is 0.0354 e. The lowest BCUT2D eigenvalue weighted by atomic mass is 9.71. The minimum Gasteiger partial charge on any atom is -0.326 e. The summed E-state index contributed by atoms with van der Waals surface area (Å²) in [6, 6.07) is 0.358. The lowest BCUT2D eigenvalue weighted by Crippen LogP contribution is -2.58. The van der Waals surface area contributed by atoms with Gasteiger partial charge in [-0.2, -0.15) is 0 Å². The third-order valence-electron chi connectivity index (χ3n) is 5.34. The molecule has 1 rings (SSSR count). The van der Waals surface area contributed by atoms with Gasteiger partial charge in [-0.25, -0.2) is 0 Å². The van der Waals surface area contributed by atoms with Crippen molar-refractivity contribution in [2.75, 3.05) is 14.1 Å². The first-order valence-electron chi connectivity index (χ1n) is 8.46. The SMILES string of the molecule is CCCCCCCC(N)C1(N(C)C)CCC(C)CC1. The minimum atomic E-state index is 0.275. The standard InChI is InChI=1S/C17H36N2/c1-5-6-7-8-9-10-16(18)17(19(3)4)13-11-15(2)12-14-17/h15-16H,5-14,18H2,1-4H3. The molecule has 1 unspecified atom stereocenters. The zero-order chi connectivity index (χ0) is 14.3. The molecule has 1 aliphatic rings. The van der Waals surface area contributed by atoms with Crippen molar-refractivity contribution in [1.29, 1.82) is 0 Å². The number of hydrogen-bond acceptors (Lipinski definition) is 2. The molecule has 2 nitrogen and oxygen atoms in total. The lowest BCUT2D eigenvalue weighted by molar-refractivity contribution is 0.0531. The van der Waals surface area contributed by atoms with Crippen molar-refractivity contribution >= 4 is 0 Å². The third kappa shape index (κ3) is 4.75. The maximum atomic E-state index is 6.60. The maximum absolute atomic E-state index is 6.60. The van der Waals surface area contributed by atoms with Crippen LogP contribution in [0.5, 0.6) is 0 Å². The number of nitrogens with two attached hydrogens (primary N) is 1. The number of rotatable bonds is 8. The Hall–Kier alpha value is -0.0800. The zero-order valence-corrected chi connectivity index (χ0v) is 13.8. The van der Waals surface area contributed by atoms with E-state index in [-0.39, 0.29) is 5.54 Å². The fraction of sp³-hybridized carbons (Fsp3) is 1.00. The first-order chi connectivity index (χ1) is 9.03. The molecule has 2 heteroatoms. The molecule has 0 amide bonds. The van der Waals surface area contributed by atoms with Gasteiger partial charge in [0, 0.05) is 11.6 Å². The van der Waals surface area contributed by atoms with E-state index in [1.165, 1.54) is 64.2 Å². The van der Waals surface area contributed by atoms with Gasteiger partial charge >= 0.3 is 0 Å². The van der Waals surface area contributed by atoms with E-state index in [4.69, 9.17) is 5.73 Å². The minimum absolute atomic E-state index is 0.275. The Morgan fingerprint density at radius 1 is 1.11 bits per heavy atom. The van der Waals surface area contributed by atoms with Crippen molar-refractivity contribution in [1.82, 2.24) is 4.90 Å². The quantitative estimate of drug-likeness (QED) is 0.669. The molecule has 0 radical (unpaired) electrons. The van der Waals surface area contributed by atoms with E-state index in [0.29, 0.717) is 6.04 Å². The predicted molar refractivity (Wildman–Crippen MR) is 85.4 cm³/mol. The van der Waals surface area contributed by atoms with Gasteiger partial charge in [-0.15, -0.1) is 0 Å². The predicted octanol–water partition coefficient (Wildman–Crippen LogP) is 4.18. The molecule has 1 aliphatic carbocycles. The number of unbranched alkanes of at least 4 members (excludes halogenated alkanes) is 4. The summed E-state index contributed by atoms with van der Waals surface area (Å²) in [5.41, 5.74) is 6.88. The Labute approximate surface area is 121 Å². The topological polar surface area (TPSA) is 29.3 Å². The Morgan fingerprint density at radius 2 is 1.68 bits per heavy atom. The van der Waals surface area contributed by atoms with Gasteiger partial charge in [-0.05, 0) is 52.1 Å². The van der Waals surface area contributed by atoms with Crippen LogP contribution in [0.15, 0.2) is 0 Å². The Balaban J connectivity index is 2.42. The van der Waals surface area contributed by atoms with Crippen LogP contribution in [0.1, 0.15) is 78.1 Å². The molecule has 114 valence electrons. The molecule has 2 N–H and O–H groups in total. The van der Waals surface area contributed by atoms with Crippen LogP contribution in [0, 0.1) is 5.92 Å². The van der Waals surface area contributed by atoms with E-state index < -0.39 is 0 Å². The summed E-state index contributed by atoms with van der Waals surface area (Å²) in [4.78, 5) is 2.43. The van der Waals surface area contributed by atoms with Gasteiger partial charge in [0.1, 0.15) is 0 Å². The number of hydrogen-bond donors (Lipinski definition) is 1. The maximum Gasteiger partial charge on any atom is 0.0354 e. The molecule has 1 fully saturated rings. The van der Waals surface area contributed by atoms with Crippen LogP contribution in [0.3, 0.4) is 0 Å². The van der Waals surface area contributed by atoms with E-state index in [9.17, 15) is 0 Å². The average molecular weight is 268 g/mol. The van der Waals surface area contributed by atoms with Crippen LogP contribution in [-0.2, 0) is 0 Å². The summed E-state index contributed by atoms with van der Waals surface area (Å²) in [7, 11) is 4.46. The van der Waals surface area contributed by atoms with E-state index in [2.05, 4.69) is 32.8 Å². The molecule has 0 aromatic rings. The van der Waals surface area contributed by atoms with E-state index in [1.807, 2.05) is 0 Å². The molecule has 0 heterocycles. The first-order valence-corrected chi connectivity index (χ1v) is 8.46. The largest absolute Gasteiger partial charge is 0.326 e. The fourth-order valence-electron chi connectivity index (χ4n) is 3.65. The van der Waals surface area contributed by atoms with Crippen LogP contribution in [0.25, 0.3) is 0 Å². The highest BCUT2D eigenvalue weighted by Gasteiger charge is 2.40. The highest BCUT2D eigenvalue weighted by atomic mass is 15.2. The number of likely N-dealkylation sites (N-methyl/N-ethyl adjacent to an activating group) is 1. The van der Waals surface area contributed by atoms with Crippen LogP contribution in [0.4, 0.5) is 0 Å². The van der Waals surface area contributed by atoms with Gasteiger partial charge in [0.25, 0.3) is 0 Å². The van der Waals surface area contributed by atoms with E-state index in [1.54, 1.807) is 0 Å². The van der Waals surface area contributed by atoms with Crippen molar-refractivity contribution in [2.45, 2.75) is 89.6 Å². The molecule has 0 bridgehead atoms. The molecule has 1 saturated carbocycles. The molecular formula is C17H36N2. The Morgan fingerprint density at radius 3 is 2.21 bits per heavy atom. The molecule has 0 aliphatic heterocycles. The van der Waals surface area contributed by atoms with Gasteiger partial charge < -0.3 is 10.6 Å². The summed E-state index contributed by atoms with van der Waals surface area (Å²) in [6.07, 6.45) is 13.2. The third-order valence-corrected chi connectivity index (χ3v) is 5.34. The van der Waals surface area contributed by atoms with Gasteiger partial charge in [0.2, 0.25) is 0 Å². The van der Waals surface area contributed by atoms with Crippen LogP contribution < -0.4 is 5.73 Å². The first kappa shape index (κ1) is 17.0. The van der Waals surface area contributed by atoms with Crippen molar-refractivity contribution in [2.24, 2.45) is 11.7 Å². The highest BCUT2D eigenvalue weighted by Crippen LogP contribution is 2.38. The summed E-state index contributed by atoms with van der Waals surface area (Å²) in [6.45, 7) is 4.66. The summed E-state index contributed by atoms with van der Waals surface area (Å²) in [5.74, 6) is 0.893. The summed E-state index contributed by atoms with van der Waals surface area (Å²) in [5, 5.41) is 0. The van der Waals surface area contributed by atoms with Gasteiger partial charge in [0.05, 0.1) is 0 Å². The van der Waals surface area contributed by atoms with Gasteiger partial charge in [0.15, 0.2) is 0 Å². The lowest BCUT2D eigenvalue weighted by Gasteiger charge is -2.48.